The summed E-state index contributed by atoms with van der Waals surface area (Å²) < 4.78 is 17.6. The van der Waals surface area contributed by atoms with Gasteiger partial charge in [0.05, 0.1) is 24.4 Å². The Kier molecular flexibility index (Phi) is 7.78. The normalized spacial score (nSPS) is 14.4. The average Bonchev–Trinajstić information content (AvgIpc) is 2.85. The third-order valence-electron chi connectivity index (χ3n) is 2.16. The molecule has 0 amide bonds. The van der Waals surface area contributed by atoms with E-state index in [1.165, 1.54) is 6.20 Å². The van der Waals surface area contributed by atoms with E-state index < -0.39 is 12.2 Å². The van der Waals surface area contributed by atoms with Gasteiger partial charge in [0, 0.05) is 13.7 Å². The first-order valence-electron chi connectivity index (χ1n) is 5.68. The summed E-state index contributed by atoms with van der Waals surface area (Å²) in [5.41, 5.74) is 0. The van der Waals surface area contributed by atoms with Crippen LogP contribution in [0.5, 0.6) is 5.88 Å². The number of ether oxygens (including phenoxy) is 2. The molecule has 1 heterocycles. The number of methoxy groups -OCH3 is 1. The molecule has 0 radical (unpaired) electrons. The first-order chi connectivity index (χ1) is 8.72. The third kappa shape index (κ3) is 6.82. The van der Waals surface area contributed by atoms with Crippen molar-refractivity contribution in [2.45, 2.75) is 18.6 Å². The van der Waals surface area contributed by atoms with Gasteiger partial charge in [0.1, 0.15) is 18.9 Å². The summed E-state index contributed by atoms with van der Waals surface area (Å²) in [5.74, 6) is 0.426. The van der Waals surface area contributed by atoms with Crippen LogP contribution in [0.4, 0.5) is 0 Å². The molecule has 0 bridgehead atoms. The average molecular weight is 277 g/mol. The molecular weight excluding hydrogens is 258 g/mol. The molecule has 0 aliphatic heterocycles. The van der Waals surface area contributed by atoms with E-state index in [4.69, 9.17) is 9.47 Å². The van der Waals surface area contributed by atoms with E-state index in [9.17, 15) is 10.2 Å². The molecule has 104 valence electrons. The molecule has 0 aliphatic carbocycles. The molecule has 0 spiro atoms. The zero-order valence-electron chi connectivity index (χ0n) is 10.3. The lowest BCUT2D eigenvalue weighted by Gasteiger charge is -2.13. The summed E-state index contributed by atoms with van der Waals surface area (Å²) in [6.45, 7) is 1.50. The van der Waals surface area contributed by atoms with Gasteiger partial charge in [-0.25, -0.2) is 0 Å². The van der Waals surface area contributed by atoms with Crippen molar-refractivity contribution < 1.29 is 19.7 Å². The summed E-state index contributed by atoms with van der Waals surface area (Å²) in [7, 11) is 1.55. The molecule has 0 aromatic carbocycles. The second-order valence-electron chi connectivity index (χ2n) is 3.81. The topological polar surface area (TPSA) is 96.7 Å². The van der Waals surface area contributed by atoms with Crippen molar-refractivity contribution in [2.75, 3.05) is 33.4 Å². The van der Waals surface area contributed by atoms with Gasteiger partial charge < -0.3 is 25.0 Å². The van der Waals surface area contributed by atoms with Crippen molar-refractivity contribution in [3.8, 4) is 5.88 Å². The maximum absolute atomic E-state index is 9.60. The third-order valence-corrected chi connectivity index (χ3v) is 2.62. The number of rotatable bonds is 10. The minimum atomic E-state index is -0.619. The maximum Gasteiger partial charge on any atom is 0.245 e. The zero-order chi connectivity index (χ0) is 13.2. The number of nitrogens with one attached hydrogen (secondary N) is 1. The number of aliphatic hydroxyl groups excluding tert-OH is 2. The highest BCUT2D eigenvalue weighted by atomic mass is 32.1. The standard InChI is InChI=1S/C10H19N3O4S/c1-16-6-8(14)2-3-11-4-9(15)7-17-10-5-12-18-13-10/h5,8-9,11,14-15H,2-4,6-7H2,1H3. The van der Waals surface area contributed by atoms with Crippen LogP contribution in [0.25, 0.3) is 0 Å². The molecule has 2 unspecified atom stereocenters. The minimum absolute atomic E-state index is 0.166. The second-order valence-corrected chi connectivity index (χ2v) is 4.37. The SMILES string of the molecule is COCC(O)CCNCC(O)COc1cnsn1. The summed E-state index contributed by atoms with van der Waals surface area (Å²) in [5, 5.41) is 22.0. The van der Waals surface area contributed by atoms with Crippen LogP contribution < -0.4 is 10.1 Å². The van der Waals surface area contributed by atoms with Crippen molar-refractivity contribution >= 4 is 11.7 Å². The van der Waals surface area contributed by atoms with Crippen molar-refractivity contribution in [1.82, 2.24) is 14.1 Å². The Morgan fingerprint density at radius 2 is 2.22 bits per heavy atom. The maximum atomic E-state index is 9.60. The highest BCUT2D eigenvalue weighted by molar-refractivity contribution is 6.99. The van der Waals surface area contributed by atoms with E-state index >= 15 is 0 Å². The second kappa shape index (κ2) is 9.17. The lowest BCUT2D eigenvalue weighted by Crippen LogP contribution is -2.33. The van der Waals surface area contributed by atoms with Crippen LogP contribution in [0.2, 0.25) is 0 Å². The Morgan fingerprint density at radius 1 is 1.39 bits per heavy atom. The van der Waals surface area contributed by atoms with Gasteiger partial charge in [0.25, 0.3) is 0 Å². The molecule has 0 aliphatic rings. The Morgan fingerprint density at radius 3 is 2.89 bits per heavy atom. The first-order valence-corrected chi connectivity index (χ1v) is 6.41. The highest BCUT2D eigenvalue weighted by Gasteiger charge is 2.07. The van der Waals surface area contributed by atoms with Crippen LogP contribution in [-0.2, 0) is 4.74 Å². The predicted octanol–water partition coefficient (Wildman–Crippen LogP) is -0.735. The molecule has 1 aromatic rings. The fraction of sp³-hybridized carbons (Fsp3) is 0.800. The summed E-state index contributed by atoms with van der Waals surface area (Å²) in [4.78, 5) is 0. The van der Waals surface area contributed by atoms with Gasteiger partial charge in [0.2, 0.25) is 5.88 Å². The van der Waals surface area contributed by atoms with Crippen LogP contribution in [0.3, 0.4) is 0 Å². The van der Waals surface area contributed by atoms with Crippen LogP contribution in [0, 0.1) is 0 Å². The van der Waals surface area contributed by atoms with Crippen LogP contribution in [0.15, 0.2) is 6.20 Å². The van der Waals surface area contributed by atoms with Crippen molar-refractivity contribution in [2.24, 2.45) is 0 Å². The van der Waals surface area contributed by atoms with Crippen molar-refractivity contribution in [3.63, 3.8) is 0 Å². The Labute approximate surface area is 110 Å². The van der Waals surface area contributed by atoms with Gasteiger partial charge in [-0.05, 0) is 13.0 Å². The molecule has 18 heavy (non-hydrogen) atoms. The number of aromatic nitrogens is 2. The molecule has 1 aromatic heterocycles. The summed E-state index contributed by atoms with van der Waals surface area (Å²) >= 11 is 1.06. The molecule has 8 heteroatoms. The number of hydrogen-bond donors (Lipinski definition) is 3. The van der Waals surface area contributed by atoms with Gasteiger partial charge >= 0.3 is 0 Å². The van der Waals surface area contributed by atoms with Crippen LogP contribution in [0.1, 0.15) is 6.42 Å². The molecule has 0 saturated heterocycles. The van der Waals surface area contributed by atoms with E-state index in [1.807, 2.05) is 0 Å². The molecule has 1 rings (SSSR count). The quantitative estimate of drug-likeness (QED) is 0.485. The number of aliphatic hydroxyl groups is 2. The van der Waals surface area contributed by atoms with Crippen molar-refractivity contribution in [3.05, 3.63) is 6.20 Å². The van der Waals surface area contributed by atoms with E-state index in [1.54, 1.807) is 7.11 Å². The largest absolute Gasteiger partial charge is 0.473 e. The zero-order valence-corrected chi connectivity index (χ0v) is 11.1. The predicted molar refractivity (Wildman–Crippen MR) is 66.8 cm³/mol. The smallest absolute Gasteiger partial charge is 0.245 e. The first kappa shape index (κ1) is 15.3. The van der Waals surface area contributed by atoms with Gasteiger partial charge in [-0.15, -0.1) is 4.37 Å². The Bertz CT molecular complexity index is 299. The highest BCUT2D eigenvalue weighted by Crippen LogP contribution is 2.04. The van der Waals surface area contributed by atoms with E-state index in [-0.39, 0.29) is 6.61 Å². The summed E-state index contributed by atoms with van der Waals surface area (Å²) in [6.07, 6.45) is 0.992. The van der Waals surface area contributed by atoms with E-state index in [0.717, 1.165) is 11.7 Å². The lowest BCUT2D eigenvalue weighted by molar-refractivity contribution is 0.0576. The monoisotopic (exact) mass is 277 g/mol. The van der Waals surface area contributed by atoms with Gasteiger partial charge in [-0.2, -0.15) is 4.37 Å². The molecule has 7 nitrogen and oxygen atoms in total. The molecule has 0 saturated carbocycles. The van der Waals surface area contributed by atoms with Crippen LogP contribution in [-0.4, -0.2) is 64.6 Å². The van der Waals surface area contributed by atoms with Gasteiger partial charge in [-0.1, -0.05) is 0 Å². The Balaban J connectivity index is 1.98. The molecule has 0 fully saturated rings. The minimum Gasteiger partial charge on any atom is -0.473 e. The van der Waals surface area contributed by atoms with Crippen LogP contribution >= 0.6 is 11.7 Å². The molecule has 3 N–H and O–H groups in total. The van der Waals surface area contributed by atoms with Gasteiger partial charge in [0.15, 0.2) is 0 Å². The Hall–Kier alpha value is -0.800. The van der Waals surface area contributed by atoms with Gasteiger partial charge in [-0.3, -0.25) is 0 Å². The van der Waals surface area contributed by atoms with E-state index in [0.29, 0.717) is 32.0 Å². The van der Waals surface area contributed by atoms with E-state index in [2.05, 4.69) is 14.1 Å². The molecule has 2 atom stereocenters. The summed E-state index contributed by atoms with van der Waals surface area (Å²) in [6, 6.07) is 0. The fourth-order valence-electron chi connectivity index (χ4n) is 1.27. The van der Waals surface area contributed by atoms with Crippen molar-refractivity contribution in [1.29, 1.82) is 0 Å². The number of hydrogen-bond acceptors (Lipinski definition) is 8. The molecular formula is C10H19N3O4S. The lowest BCUT2D eigenvalue weighted by atomic mass is 10.2. The fourth-order valence-corrected chi connectivity index (χ4v) is 1.64. The number of nitrogens with zero attached hydrogens (tertiary/aromatic N) is 2.